The van der Waals surface area contributed by atoms with E-state index < -0.39 is 0 Å². The van der Waals surface area contributed by atoms with Gasteiger partial charge in [-0.25, -0.2) is 0 Å². The minimum absolute atomic E-state index is 0. The highest BCUT2D eigenvalue weighted by Gasteiger charge is 1.52. The summed E-state index contributed by atoms with van der Waals surface area (Å²) in [4.78, 5) is 0. The van der Waals surface area contributed by atoms with Crippen molar-refractivity contribution in [3.63, 3.8) is 0 Å². The van der Waals surface area contributed by atoms with Crippen LogP contribution in [0.25, 0.3) is 0 Å². The fraction of sp³-hybridized carbons (Fsp3) is 1.00. The third-order valence-corrected chi connectivity index (χ3v) is 0.577. The van der Waals surface area contributed by atoms with Gasteiger partial charge in [0.25, 0.3) is 0 Å². The Balaban J connectivity index is -0.0000000129. The Morgan fingerprint density at radius 1 is 0.579 bits per heavy atom. The number of hydrogen-bond donors (Lipinski definition) is 3. The van der Waals surface area contributed by atoms with E-state index in [9.17, 15) is 0 Å². The van der Waals surface area contributed by atoms with E-state index in [1.807, 2.05) is 13.8 Å². The maximum atomic E-state index is 7.00. The van der Waals surface area contributed by atoms with Gasteiger partial charge in [0.1, 0.15) is 0 Å². The summed E-state index contributed by atoms with van der Waals surface area (Å²) in [5.41, 5.74) is 0. The molecule has 0 spiro atoms. The number of aliphatic hydroxyl groups excluding tert-OH is 3. The molecule has 0 saturated heterocycles. The standard InChI is InChI=1S/2C3H8O.C2H6O.3CH4O.2CH4/c2*1-3-4-2;1-3-2;3*1-2;;/h2*3H2,1-2H3;1-2H3;3*2H,1H3;2*1H4. The number of rotatable bonds is 2. The molecule has 6 nitrogen and oxygen atoms in total. The monoisotopic (exact) mass is 294 g/mol. The number of hydrogen-bond acceptors (Lipinski definition) is 6. The van der Waals surface area contributed by atoms with Crippen LogP contribution in [0.3, 0.4) is 0 Å². The summed E-state index contributed by atoms with van der Waals surface area (Å²) in [5, 5.41) is 21.0. The van der Waals surface area contributed by atoms with E-state index in [4.69, 9.17) is 15.3 Å². The first-order chi connectivity index (χ1) is 8.24. The quantitative estimate of drug-likeness (QED) is 0.718. The SMILES string of the molecule is C.C.CCOC.CCOC.CO.CO.CO.COC. The average molecular weight is 294 g/mol. The second-order valence-electron chi connectivity index (χ2n) is 1.56. The van der Waals surface area contributed by atoms with E-state index in [1.165, 1.54) is 0 Å². The molecule has 0 fully saturated rings. The Hall–Kier alpha value is -0.240. The van der Waals surface area contributed by atoms with Crippen molar-refractivity contribution >= 4 is 0 Å². The van der Waals surface area contributed by atoms with Crippen molar-refractivity contribution in [1.29, 1.82) is 0 Å². The lowest BCUT2D eigenvalue weighted by atomic mass is 10.9. The van der Waals surface area contributed by atoms with Crippen LogP contribution in [-0.4, -0.2) is 78.3 Å². The summed E-state index contributed by atoms with van der Waals surface area (Å²) in [6.45, 7) is 5.56. The highest BCUT2D eigenvalue weighted by molar-refractivity contribution is 3.95. The molecular formula is C13H42O6. The van der Waals surface area contributed by atoms with Gasteiger partial charge in [0.15, 0.2) is 0 Å². The molecule has 0 bridgehead atoms. The third-order valence-electron chi connectivity index (χ3n) is 0.577. The predicted molar refractivity (Wildman–Crippen MR) is 85.9 cm³/mol. The molecule has 0 aliphatic carbocycles. The molecule has 0 aromatic heterocycles. The lowest BCUT2D eigenvalue weighted by molar-refractivity contribution is 0.215. The van der Waals surface area contributed by atoms with E-state index in [0.29, 0.717) is 0 Å². The van der Waals surface area contributed by atoms with Crippen molar-refractivity contribution in [2.45, 2.75) is 28.7 Å². The van der Waals surface area contributed by atoms with Gasteiger partial charge in [0, 0.05) is 63.0 Å². The maximum absolute atomic E-state index is 7.00. The molecule has 6 heteroatoms. The predicted octanol–water partition coefficient (Wildman–Crippen LogP) is 1.67. The second-order valence-corrected chi connectivity index (χ2v) is 1.56. The molecule has 0 aliphatic rings. The van der Waals surface area contributed by atoms with Crippen LogP contribution in [0.4, 0.5) is 0 Å². The number of aliphatic hydroxyl groups is 3. The first-order valence-corrected chi connectivity index (χ1v) is 4.97. The van der Waals surface area contributed by atoms with Crippen LogP contribution >= 0.6 is 0 Å². The largest absolute Gasteiger partial charge is 0.400 e. The summed E-state index contributed by atoms with van der Waals surface area (Å²) in [7, 11) is 9.61. The Morgan fingerprint density at radius 2 is 0.632 bits per heavy atom. The Bertz CT molecular complexity index is 32.3. The molecule has 0 aromatic carbocycles. The van der Waals surface area contributed by atoms with Gasteiger partial charge in [-0.05, 0) is 13.8 Å². The van der Waals surface area contributed by atoms with Gasteiger partial charge in [0.05, 0.1) is 0 Å². The van der Waals surface area contributed by atoms with Crippen molar-refractivity contribution in [3.05, 3.63) is 0 Å². The molecule has 0 saturated carbocycles. The lowest BCUT2D eigenvalue weighted by Crippen LogP contribution is -1.73. The molecule has 0 atom stereocenters. The molecule has 19 heavy (non-hydrogen) atoms. The zero-order valence-electron chi connectivity index (χ0n) is 13.0. The van der Waals surface area contributed by atoms with Gasteiger partial charge in [-0.1, -0.05) is 14.9 Å². The van der Waals surface area contributed by atoms with Crippen LogP contribution in [0.2, 0.25) is 0 Å². The molecular weight excluding hydrogens is 252 g/mol. The Morgan fingerprint density at radius 3 is 0.632 bits per heavy atom. The number of methoxy groups -OCH3 is 3. The van der Waals surface area contributed by atoms with Crippen molar-refractivity contribution in [3.8, 4) is 0 Å². The first kappa shape index (κ1) is 51.1. The average Bonchev–Trinajstić information content (AvgIpc) is 2.46. The smallest absolute Gasteiger partial charge is 0.0433 e. The van der Waals surface area contributed by atoms with Crippen molar-refractivity contribution < 1.29 is 29.5 Å². The minimum Gasteiger partial charge on any atom is -0.400 e. The molecule has 0 radical (unpaired) electrons. The van der Waals surface area contributed by atoms with Gasteiger partial charge in [0.2, 0.25) is 0 Å². The van der Waals surface area contributed by atoms with E-state index >= 15 is 0 Å². The first-order valence-electron chi connectivity index (χ1n) is 4.97. The van der Waals surface area contributed by atoms with Crippen molar-refractivity contribution in [2.75, 3.05) is 63.0 Å². The second kappa shape index (κ2) is 220. The molecule has 0 aromatic rings. The molecule has 130 valence electrons. The van der Waals surface area contributed by atoms with Crippen molar-refractivity contribution in [2.24, 2.45) is 0 Å². The summed E-state index contributed by atoms with van der Waals surface area (Å²) in [6.07, 6.45) is 0. The molecule has 3 N–H and O–H groups in total. The zero-order chi connectivity index (χ0) is 15.5. The fourth-order valence-corrected chi connectivity index (χ4v) is 0. The molecule has 0 unspecified atom stereocenters. The number of ether oxygens (including phenoxy) is 3. The van der Waals surface area contributed by atoms with Crippen LogP contribution in [-0.2, 0) is 14.2 Å². The summed E-state index contributed by atoms with van der Waals surface area (Å²) >= 11 is 0. The van der Waals surface area contributed by atoms with Crippen molar-refractivity contribution in [1.82, 2.24) is 0 Å². The molecule has 0 amide bonds. The lowest BCUT2D eigenvalue weighted by Gasteiger charge is -1.76. The highest BCUT2D eigenvalue weighted by atomic mass is 16.5. The normalized spacial score (nSPS) is 5.05. The van der Waals surface area contributed by atoms with Crippen LogP contribution in [0, 0.1) is 0 Å². The van der Waals surface area contributed by atoms with E-state index in [-0.39, 0.29) is 14.9 Å². The Labute approximate surface area is 122 Å². The topological polar surface area (TPSA) is 88.4 Å². The van der Waals surface area contributed by atoms with E-state index in [0.717, 1.165) is 34.5 Å². The van der Waals surface area contributed by atoms with Crippen LogP contribution < -0.4 is 0 Å². The Kier molecular flexibility index (Phi) is 592. The van der Waals surface area contributed by atoms with Gasteiger partial charge in [-0.3, -0.25) is 0 Å². The summed E-state index contributed by atoms with van der Waals surface area (Å²) in [5.74, 6) is 0. The zero-order valence-corrected chi connectivity index (χ0v) is 13.0. The minimum atomic E-state index is 0. The van der Waals surface area contributed by atoms with Gasteiger partial charge < -0.3 is 29.5 Å². The molecule has 0 rings (SSSR count). The van der Waals surface area contributed by atoms with E-state index in [1.54, 1.807) is 28.4 Å². The molecule has 0 heterocycles. The van der Waals surface area contributed by atoms with Crippen LogP contribution in [0.5, 0.6) is 0 Å². The molecule has 0 aliphatic heterocycles. The van der Waals surface area contributed by atoms with Crippen LogP contribution in [0.15, 0.2) is 0 Å². The van der Waals surface area contributed by atoms with Gasteiger partial charge in [-0.15, -0.1) is 0 Å². The third kappa shape index (κ3) is 1420. The fourth-order valence-electron chi connectivity index (χ4n) is 0. The maximum Gasteiger partial charge on any atom is 0.0433 e. The summed E-state index contributed by atoms with van der Waals surface area (Å²) < 4.78 is 13.3. The van der Waals surface area contributed by atoms with Crippen LogP contribution in [0.1, 0.15) is 28.7 Å². The summed E-state index contributed by atoms with van der Waals surface area (Å²) in [6, 6.07) is 0. The van der Waals surface area contributed by atoms with E-state index in [2.05, 4.69) is 14.2 Å². The highest BCUT2D eigenvalue weighted by Crippen LogP contribution is 1.52. The van der Waals surface area contributed by atoms with Gasteiger partial charge >= 0.3 is 0 Å². The van der Waals surface area contributed by atoms with Gasteiger partial charge in [-0.2, -0.15) is 0 Å².